The van der Waals surface area contributed by atoms with Gasteiger partial charge in [0.25, 0.3) is 0 Å². The van der Waals surface area contributed by atoms with Crippen LogP contribution in [0.4, 0.5) is 5.69 Å². The number of nitrogens with one attached hydrogen (secondary N) is 1. The third-order valence-electron chi connectivity index (χ3n) is 3.39. The molecule has 1 N–H and O–H groups in total. The lowest BCUT2D eigenvalue weighted by Crippen LogP contribution is -2.37. The van der Waals surface area contributed by atoms with Crippen LogP contribution in [0.1, 0.15) is 24.0 Å². The van der Waals surface area contributed by atoms with Crippen LogP contribution in [0.15, 0.2) is 18.2 Å². The normalized spacial score (nSPS) is 20.3. The van der Waals surface area contributed by atoms with Crippen molar-refractivity contribution in [3.05, 3.63) is 29.3 Å². The first kappa shape index (κ1) is 12.9. The van der Waals surface area contributed by atoms with E-state index in [9.17, 15) is 0 Å². The van der Waals surface area contributed by atoms with E-state index in [0.717, 1.165) is 26.1 Å². The number of nitriles is 1. The van der Waals surface area contributed by atoms with Crippen LogP contribution in [0, 0.1) is 25.2 Å². The van der Waals surface area contributed by atoms with Gasteiger partial charge >= 0.3 is 0 Å². The highest BCUT2D eigenvalue weighted by molar-refractivity contribution is 5.51. The second-order valence-electron chi connectivity index (χ2n) is 5.16. The fraction of sp³-hybridized carbons (Fsp3) is 0.533. The van der Waals surface area contributed by atoms with E-state index >= 15 is 0 Å². The summed E-state index contributed by atoms with van der Waals surface area (Å²) in [4.78, 5) is 2.40. The van der Waals surface area contributed by atoms with Crippen LogP contribution in [-0.2, 0) is 0 Å². The molecule has 18 heavy (non-hydrogen) atoms. The van der Waals surface area contributed by atoms with Gasteiger partial charge in [-0.1, -0.05) is 6.07 Å². The van der Waals surface area contributed by atoms with Gasteiger partial charge in [-0.15, -0.1) is 0 Å². The van der Waals surface area contributed by atoms with E-state index in [0.29, 0.717) is 12.5 Å². The first-order valence-corrected chi connectivity index (χ1v) is 6.62. The number of aryl methyl sites for hydroxylation is 2. The predicted molar refractivity (Wildman–Crippen MR) is 74.8 cm³/mol. The second-order valence-corrected chi connectivity index (χ2v) is 5.16. The zero-order valence-corrected chi connectivity index (χ0v) is 11.2. The summed E-state index contributed by atoms with van der Waals surface area (Å²) >= 11 is 0. The molecule has 1 saturated heterocycles. The maximum Gasteiger partial charge on any atom is 0.0638 e. The molecule has 3 heteroatoms. The van der Waals surface area contributed by atoms with E-state index in [1.807, 2.05) is 0 Å². The van der Waals surface area contributed by atoms with Crippen molar-refractivity contribution < 1.29 is 0 Å². The Bertz CT molecular complexity index is 427. The highest BCUT2D eigenvalue weighted by atomic mass is 15.2. The van der Waals surface area contributed by atoms with E-state index in [4.69, 9.17) is 5.26 Å². The number of hydrogen-bond acceptors (Lipinski definition) is 3. The largest absolute Gasteiger partial charge is 0.370 e. The van der Waals surface area contributed by atoms with Crippen LogP contribution in [0.3, 0.4) is 0 Å². The molecule has 0 spiro atoms. The van der Waals surface area contributed by atoms with Crippen LogP contribution < -0.4 is 10.2 Å². The van der Waals surface area contributed by atoms with Crippen LogP contribution in [0.2, 0.25) is 0 Å². The molecule has 3 nitrogen and oxygen atoms in total. The molecule has 1 fully saturated rings. The summed E-state index contributed by atoms with van der Waals surface area (Å²) in [7, 11) is 0. The van der Waals surface area contributed by atoms with Gasteiger partial charge < -0.3 is 10.2 Å². The molecule has 0 aliphatic carbocycles. The zero-order chi connectivity index (χ0) is 13.0. The maximum atomic E-state index is 8.85. The van der Waals surface area contributed by atoms with Crippen molar-refractivity contribution >= 4 is 5.69 Å². The Morgan fingerprint density at radius 2 is 2.06 bits per heavy atom. The molecule has 0 bridgehead atoms. The number of benzene rings is 1. The first-order valence-electron chi connectivity index (χ1n) is 6.62. The average molecular weight is 243 g/mol. The van der Waals surface area contributed by atoms with Gasteiger partial charge in [0, 0.05) is 24.8 Å². The molecule has 1 aromatic rings. The SMILES string of the molecule is Cc1cc(C)cc(N2CCCNC(CC#N)C2)c1. The minimum atomic E-state index is 0.290. The summed E-state index contributed by atoms with van der Waals surface area (Å²) in [5.74, 6) is 0. The van der Waals surface area contributed by atoms with Crippen molar-refractivity contribution in [1.29, 1.82) is 5.26 Å². The van der Waals surface area contributed by atoms with Gasteiger partial charge in [0.15, 0.2) is 0 Å². The lowest BCUT2D eigenvalue weighted by Gasteiger charge is -2.26. The summed E-state index contributed by atoms with van der Waals surface area (Å²) in [6.07, 6.45) is 1.72. The second kappa shape index (κ2) is 5.88. The van der Waals surface area contributed by atoms with Crippen LogP contribution in [0.5, 0.6) is 0 Å². The lowest BCUT2D eigenvalue weighted by molar-refractivity contribution is 0.552. The van der Waals surface area contributed by atoms with E-state index in [1.54, 1.807) is 0 Å². The van der Waals surface area contributed by atoms with Crippen LogP contribution in [-0.4, -0.2) is 25.7 Å². The molecule has 0 amide bonds. The monoisotopic (exact) mass is 243 g/mol. The Balaban J connectivity index is 2.17. The molecule has 0 radical (unpaired) electrons. The number of rotatable bonds is 2. The average Bonchev–Trinajstić information content (AvgIpc) is 2.54. The van der Waals surface area contributed by atoms with Crippen molar-refractivity contribution in [3.63, 3.8) is 0 Å². The van der Waals surface area contributed by atoms with Gasteiger partial charge in [-0.3, -0.25) is 0 Å². The smallest absolute Gasteiger partial charge is 0.0638 e. The fourth-order valence-corrected chi connectivity index (χ4v) is 2.61. The summed E-state index contributed by atoms with van der Waals surface area (Å²) in [5, 5.41) is 12.3. The molecule has 1 heterocycles. The van der Waals surface area contributed by atoms with E-state index in [1.165, 1.54) is 16.8 Å². The van der Waals surface area contributed by atoms with Crippen molar-refractivity contribution in [1.82, 2.24) is 5.32 Å². The van der Waals surface area contributed by atoms with Crippen molar-refractivity contribution in [2.24, 2.45) is 0 Å². The van der Waals surface area contributed by atoms with Gasteiger partial charge in [-0.2, -0.15) is 5.26 Å². The Kier molecular flexibility index (Phi) is 4.22. The molecule has 0 saturated carbocycles. The highest BCUT2D eigenvalue weighted by Gasteiger charge is 2.17. The van der Waals surface area contributed by atoms with Gasteiger partial charge in [0.1, 0.15) is 0 Å². The van der Waals surface area contributed by atoms with E-state index in [2.05, 4.69) is 48.3 Å². The van der Waals surface area contributed by atoms with Gasteiger partial charge in [0.2, 0.25) is 0 Å². The van der Waals surface area contributed by atoms with Crippen molar-refractivity contribution in [2.45, 2.75) is 32.7 Å². The highest BCUT2D eigenvalue weighted by Crippen LogP contribution is 2.20. The molecule has 1 atom stereocenters. The quantitative estimate of drug-likeness (QED) is 0.867. The van der Waals surface area contributed by atoms with Gasteiger partial charge in [0.05, 0.1) is 12.5 Å². The zero-order valence-electron chi connectivity index (χ0n) is 11.2. The van der Waals surface area contributed by atoms with Crippen molar-refractivity contribution in [2.75, 3.05) is 24.5 Å². The van der Waals surface area contributed by atoms with E-state index < -0.39 is 0 Å². The molecule has 2 rings (SSSR count). The third kappa shape index (κ3) is 3.24. The number of anilines is 1. The Morgan fingerprint density at radius 3 is 2.72 bits per heavy atom. The molecule has 0 aromatic heterocycles. The number of hydrogen-bond donors (Lipinski definition) is 1. The van der Waals surface area contributed by atoms with Gasteiger partial charge in [-0.05, 0) is 50.1 Å². The lowest BCUT2D eigenvalue weighted by atomic mass is 10.1. The van der Waals surface area contributed by atoms with Gasteiger partial charge in [-0.25, -0.2) is 0 Å². The molecule has 1 aliphatic rings. The Morgan fingerprint density at radius 1 is 1.33 bits per heavy atom. The molecule has 96 valence electrons. The summed E-state index contributed by atoms with van der Waals surface area (Å²) < 4.78 is 0. The van der Waals surface area contributed by atoms with Crippen molar-refractivity contribution in [3.8, 4) is 6.07 Å². The summed E-state index contributed by atoms with van der Waals surface area (Å²) in [5.41, 5.74) is 3.90. The third-order valence-corrected chi connectivity index (χ3v) is 3.39. The van der Waals surface area contributed by atoms with Crippen LogP contribution in [0.25, 0.3) is 0 Å². The molecular formula is C15H21N3. The summed E-state index contributed by atoms with van der Waals surface area (Å²) in [6, 6.07) is 9.24. The Hall–Kier alpha value is -1.53. The van der Waals surface area contributed by atoms with E-state index in [-0.39, 0.29) is 0 Å². The first-order chi connectivity index (χ1) is 8.69. The topological polar surface area (TPSA) is 39.1 Å². The van der Waals surface area contributed by atoms with Crippen LogP contribution >= 0.6 is 0 Å². The number of nitrogens with zero attached hydrogens (tertiary/aromatic N) is 2. The predicted octanol–water partition coefficient (Wildman–Crippen LogP) is 2.39. The minimum absolute atomic E-state index is 0.290. The molecule has 1 aromatic carbocycles. The maximum absolute atomic E-state index is 8.85. The standard InChI is InChI=1S/C15H21N3/c1-12-8-13(2)10-15(9-12)18-7-3-6-17-14(11-18)4-5-16/h8-10,14,17H,3-4,6-7,11H2,1-2H3. The molecule has 1 unspecified atom stereocenters. The Labute approximate surface area is 109 Å². The minimum Gasteiger partial charge on any atom is -0.370 e. The molecule has 1 aliphatic heterocycles. The fourth-order valence-electron chi connectivity index (χ4n) is 2.61. The summed E-state index contributed by atoms with van der Waals surface area (Å²) in [6.45, 7) is 7.28. The molecular weight excluding hydrogens is 222 g/mol.